The van der Waals surface area contributed by atoms with E-state index in [2.05, 4.69) is 9.97 Å². The minimum absolute atomic E-state index is 0.0740. The van der Waals surface area contributed by atoms with E-state index in [9.17, 15) is 10.1 Å². The fourth-order valence-electron chi connectivity index (χ4n) is 1.41. The van der Waals surface area contributed by atoms with Crippen LogP contribution in [0, 0.1) is 17.0 Å². The summed E-state index contributed by atoms with van der Waals surface area (Å²) < 4.78 is 0. The van der Waals surface area contributed by atoms with Gasteiger partial charge in [0.25, 0.3) is 5.69 Å². The zero-order chi connectivity index (χ0) is 10.8. The molecule has 0 aliphatic rings. The van der Waals surface area contributed by atoms with Gasteiger partial charge in [-0.05, 0) is 18.6 Å². The number of benzene rings is 1. The second-order valence-corrected chi connectivity index (χ2v) is 3.22. The molecule has 1 heterocycles. The third-order valence-corrected chi connectivity index (χ3v) is 2.10. The molecule has 2 aromatic rings. The van der Waals surface area contributed by atoms with Crippen molar-refractivity contribution >= 4 is 5.69 Å². The molecule has 1 aromatic carbocycles. The van der Waals surface area contributed by atoms with Crippen molar-refractivity contribution in [3.05, 3.63) is 46.3 Å². The van der Waals surface area contributed by atoms with Gasteiger partial charge in [0.1, 0.15) is 5.82 Å². The number of hydrogen-bond acceptors (Lipinski definition) is 3. The fourth-order valence-corrected chi connectivity index (χ4v) is 1.41. The van der Waals surface area contributed by atoms with Crippen LogP contribution in [0.25, 0.3) is 11.4 Å². The van der Waals surface area contributed by atoms with Crippen molar-refractivity contribution in [1.29, 1.82) is 0 Å². The largest absolute Gasteiger partial charge is 0.344 e. The molecule has 1 aromatic heterocycles. The summed E-state index contributed by atoms with van der Waals surface area (Å²) in [6, 6.07) is 5.06. The highest BCUT2D eigenvalue weighted by atomic mass is 16.6. The lowest BCUT2D eigenvalue weighted by molar-refractivity contribution is -0.384. The third kappa shape index (κ3) is 1.71. The Labute approximate surface area is 85.9 Å². The van der Waals surface area contributed by atoms with Gasteiger partial charge in [-0.2, -0.15) is 0 Å². The normalized spacial score (nSPS) is 10.2. The lowest BCUT2D eigenvalue weighted by Crippen LogP contribution is -1.93. The Balaban J connectivity index is 2.61. The van der Waals surface area contributed by atoms with Crippen LogP contribution in [0.2, 0.25) is 0 Å². The molecule has 0 spiro atoms. The highest BCUT2D eigenvalue weighted by molar-refractivity contribution is 5.68. The second-order valence-electron chi connectivity index (χ2n) is 3.22. The number of H-pyrrole nitrogens is 1. The van der Waals surface area contributed by atoms with Gasteiger partial charge in [-0.3, -0.25) is 10.1 Å². The Morgan fingerprint density at radius 1 is 1.47 bits per heavy atom. The molecule has 5 heteroatoms. The molecule has 0 bridgehead atoms. The van der Waals surface area contributed by atoms with Crippen LogP contribution in [0.5, 0.6) is 0 Å². The number of nitro benzene ring substituents is 1. The van der Waals surface area contributed by atoms with Crippen LogP contribution in [0.1, 0.15) is 5.56 Å². The van der Waals surface area contributed by atoms with E-state index in [0.717, 1.165) is 5.56 Å². The molecule has 2 rings (SSSR count). The number of aryl methyl sites for hydroxylation is 1. The molecular weight excluding hydrogens is 194 g/mol. The Hall–Kier alpha value is -2.17. The molecule has 0 saturated carbocycles. The number of aromatic amines is 1. The molecule has 0 amide bonds. The van der Waals surface area contributed by atoms with Crippen molar-refractivity contribution < 1.29 is 4.92 Å². The molecule has 0 unspecified atom stereocenters. The fraction of sp³-hybridized carbons (Fsp3) is 0.100. The Kier molecular flexibility index (Phi) is 2.21. The van der Waals surface area contributed by atoms with E-state index in [1.54, 1.807) is 18.5 Å². The Bertz CT molecular complexity index is 491. The molecular formula is C10H9N3O2. The molecule has 0 saturated heterocycles. The minimum Gasteiger partial charge on any atom is -0.344 e. The van der Waals surface area contributed by atoms with E-state index in [-0.39, 0.29) is 5.69 Å². The zero-order valence-corrected chi connectivity index (χ0v) is 8.10. The van der Waals surface area contributed by atoms with Gasteiger partial charge in [-0.1, -0.05) is 6.07 Å². The standard InChI is InChI=1S/C10H9N3O2/c1-7-2-3-8(9(6-7)13(14)15)10-11-4-5-12-10/h2-6H,1H3,(H,11,12). The van der Waals surface area contributed by atoms with Crippen molar-refractivity contribution in [2.75, 3.05) is 0 Å². The van der Waals surface area contributed by atoms with Gasteiger partial charge >= 0.3 is 0 Å². The quantitative estimate of drug-likeness (QED) is 0.601. The number of rotatable bonds is 2. The number of nitro groups is 1. The number of nitrogens with zero attached hydrogens (tertiary/aromatic N) is 2. The van der Waals surface area contributed by atoms with E-state index in [0.29, 0.717) is 11.4 Å². The van der Waals surface area contributed by atoms with E-state index in [1.807, 2.05) is 13.0 Å². The first kappa shape index (κ1) is 9.39. The summed E-state index contributed by atoms with van der Waals surface area (Å²) in [5.74, 6) is 0.515. The smallest absolute Gasteiger partial charge is 0.280 e. The highest BCUT2D eigenvalue weighted by Crippen LogP contribution is 2.27. The third-order valence-electron chi connectivity index (χ3n) is 2.10. The van der Waals surface area contributed by atoms with Crippen LogP contribution in [-0.2, 0) is 0 Å². The van der Waals surface area contributed by atoms with Crippen LogP contribution >= 0.6 is 0 Å². The number of hydrogen-bond donors (Lipinski definition) is 1. The summed E-state index contributed by atoms with van der Waals surface area (Å²) in [5.41, 5.74) is 1.44. The molecule has 0 radical (unpaired) electrons. The maximum absolute atomic E-state index is 10.8. The van der Waals surface area contributed by atoms with Crippen molar-refractivity contribution in [3.63, 3.8) is 0 Å². The molecule has 0 aliphatic heterocycles. The summed E-state index contributed by atoms with van der Waals surface area (Å²) in [6.45, 7) is 1.82. The molecule has 0 fully saturated rings. The molecule has 5 nitrogen and oxygen atoms in total. The lowest BCUT2D eigenvalue weighted by atomic mass is 10.1. The molecule has 76 valence electrons. The average Bonchev–Trinajstić information content (AvgIpc) is 2.70. The maximum atomic E-state index is 10.8. The van der Waals surface area contributed by atoms with Crippen molar-refractivity contribution in [2.24, 2.45) is 0 Å². The van der Waals surface area contributed by atoms with Crippen molar-refractivity contribution in [3.8, 4) is 11.4 Å². The Morgan fingerprint density at radius 2 is 2.27 bits per heavy atom. The van der Waals surface area contributed by atoms with Crippen LogP contribution in [-0.4, -0.2) is 14.9 Å². The topological polar surface area (TPSA) is 71.8 Å². The van der Waals surface area contributed by atoms with Gasteiger partial charge in [-0.15, -0.1) is 0 Å². The second kappa shape index (κ2) is 3.53. The average molecular weight is 203 g/mol. The first-order chi connectivity index (χ1) is 7.18. The van der Waals surface area contributed by atoms with Crippen molar-refractivity contribution in [1.82, 2.24) is 9.97 Å². The van der Waals surface area contributed by atoms with Gasteiger partial charge in [-0.25, -0.2) is 4.98 Å². The van der Waals surface area contributed by atoms with Gasteiger partial charge in [0.15, 0.2) is 0 Å². The predicted molar refractivity (Wildman–Crippen MR) is 55.4 cm³/mol. The van der Waals surface area contributed by atoms with E-state index in [4.69, 9.17) is 0 Å². The zero-order valence-electron chi connectivity index (χ0n) is 8.10. The highest BCUT2D eigenvalue weighted by Gasteiger charge is 2.16. The van der Waals surface area contributed by atoms with Crippen LogP contribution in [0.3, 0.4) is 0 Å². The van der Waals surface area contributed by atoms with Crippen LogP contribution < -0.4 is 0 Å². The van der Waals surface area contributed by atoms with Gasteiger partial charge in [0.05, 0.1) is 10.5 Å². The molecule has 0 atom stereocenters. The van der Waals surface area contributed by atoms with Crippen molar-refractivity contribution in [2.45, 2.75) is 6.92 Å². The first-order valence-electron chi connectivity index (χ1n) is 4.43. The van der Waals surface area contributed by atoms with Gasteiger partial charge in [0, 0.05) is 18.5 Å². The molecule has 0 aliphatic carbocycles. The monoisotopic (exact) mass is 203 g/mol. The Morgan fingerprint density at radius 3 is 2.87 bits per heavy atom. The summed E-state index contributed by atoms with van der Waals surface area (Å²) in [6.07, 6.45) is 3.21. The summed E-state index contributed by atoms with van der Waals surface area (Å²) in [7, 11) is 0. The van der Waals surface area contributed by atoms with Gasteiger partial charge in [0.2, 0.25) is 0 Å². The lowest BCUT2D eigenvalue weighted by Gasteiger charge is -2.00. The minimum atomic E-state index is -0.398. The van der Waals surface area contributed by atoms with Gasteiger partial charge < -0.3 is 4.98 Å². The summed E-state index contributed by atoms with van der Waals surface area (Å²) >= 11 is 0. The van der Waals surface area contributed by atoms with E-state index in [1.165, 1.54) is 6.07 Å². The van der Waals surface area contributed by atoms with E-state index < -0.39 is 4.92 Å². The van der Waals surface area contributed by atoms with E-state index >= 15 is 0 Å². The SMILES string of the molecule is Cc1ccc(-c2ncc[nH]2)c([N+](=O)[O-])c1. The van der Waals surface area contributed by atoms with Crippen LogP contribution in [0.4, 0.5) is 5.69 Å². The first-order valence-corrected chi connectivity index (χ1v) is 4.43. The molecule has 15 heavy (non-hydrogen) atoms. The number of imidazole rings is 1. The predicted octanol–water partition coefficient (Wildman–Crippen LogP) is 2.29. The molecule has 1 N–H and O–H groups in total. The summed E-state index contributed by atoms with van der Waals surface area (Å²) in [4.78, 5) is 17.3. The maximum Gasteiger partial charge on any atom is 0.280 e. The summed E-state index contributed by atoms with van der Waals surface area (Å²) in [5, 5.41) is 10.8. The van der Waals surface area contributed by atoms with Crippen LogP contribution in [0.15, 0.2) is 30.6 Å². The number of nitrogens with one attached hydrogen (secondary N) is 1. The number of aromatic nitrogens is 2.